The minimum Gasteiger partial charge on any atom is -0.207 e. The van der Waals surface area contributed by atoms with Crippen LogP contribution in [0.15, 0.2) is 53.4 Å². The standard InChI is InChI=1S/C13H11ClFNO2S/c14-11-3-7-13(8-4-11)19(17,18)16-9-10-1-5-12(15)6-2-10/h1-8,16H,9H2. The summed E-state index contributed by atoms with van der Waals surface area (Å²) in [5, 5.41) is 0.470. The molecule has 1 N–H and O–H groups in total. The molecule has 0 saturated carbocycles. The van der Waals surface area contributed by atoms with Gasteiger partial charge in [-0.05, 0) is 42.0 Å². The lowest BCUT2D eigenvalue weighted by atomic mass is 10.2. The summed E-state index contributed by atoms with van der Waals surface area (Å²) in [6.07, 6.45) is 0. The van der Waals surface area contributed by atoms with E-state index >= 15 is 0 Å². The molecule has 2 aromatic carbocycles. The van der Waals surface area contributed by atoms with Gasteiger partial charge in [-0.25, -0.2) is 17.5 Å². The molecule has 0 unspecified atom stereocenters. The van der Waals surface area contributed by atoms with Crippen LogP contribution in [0.4, 0.5) is 4.39 Å². The Balaban J connectivity index is 2.09. The van der Waals surface area contributed by atoms with Gasteiger partial charge in [0.2, 0.25) is 10.0 Å². The molecule has 100 valence electrons. The Kier molecular flexibility index (Phi) is 4.19. The first-order valence-electron chi connectivity index (χ1n) is 5.47. The van der Waals surface area contributed by atoms with Crippen molar-refractivity contribution in [1.82, 2.24) is 4.72 Å². The van der Waals surface area contributed by atoms with Gasteiger partial charge >= 0.3 is 0 Å². The van der Waals surface area contributed by atoms with Crippen LogP contribution >= 0.6 is 11.6 Å². The number of hydrogen-bond acceptors (Lipinski definition) is 2. The van der Waals surface area contributed by atoms with E-state index in [1.807, 2.05) is 0 Å². The fraction of sp³-hybridized carbons (Fsp3) is 0.0769. The minimum absolute atomic E-state index is 0.102. The molecule has 0 aliphatic rings. The zero-order chi connectivity index (χ0) is 13.9. The molecule has 0 amide bonds. The maximum absolute atomic E-state index is 12.7. The number of benzene rings is 2. The highest BCUT2D eigenvalue weighted by atomic mass is 35.5. The highest BCUT2D eigenvalue weighted by Gasteiger charge is 2.13. The molecule has 0 aliphatic carbocycles. The zero-order valence-electron chi connectivity index (χ0n) is 9.81. The monoisotopic (exact) mass is 299 g/mol. The van der Waals surface area contributed by atoms with Crippen molar-refractivity contribution in [3.05, 3.63) is 64.9 Å². The molecule has 2 rings (SSSR count). The van der Waals surface area contributed by atoms with E-state index in [1.165, 1.54) is 48.5 Å². The maximum Gasteiger partial charge on any atom is 0.240 e. The van der Waals surface area contributed by atoms with Crippen LogP contribution < -0.4 is 4.72 Å². The van der Waals surface area contributed by atoms with Gasteiger partial charge in [-0.15, -0.1) is 0 Å². The summed E-state index contributed by atoms with van der Waals surface area (Å²) < 4.78 is 39.1. The number of nitrogens with one attached hydrogen (secondary N) is 1. The summed E-state index contributed by atoms with van der Waals surface area (Å²) in [6, 6.07) is 11.5. The van der Waals surface area contributed by atoms with Crippen LogP contribution in [0, 0.1) is 5.82 Å². The average molecular weight is 300 g/mol. The van der Waals surface area contributed by atoms with Gasteiger partial charge in [-0.1, -0.05) is 23.7 Å². The lowest BCUT2D eigenvalue weighted by molar-refractivity contribution is 0.581. The van der Waals surface area contributed by atoms with E-state index in [4.69, 9.17) is 11.6 Å². The molecule has 2 aromatic rings. The Bertz CT molecular complexity index is 654. The highest BCUT2D eigenvalue weighted by molar-refractivity contribution is 7.89. The quantitative estimate of drug-likeness (QED) is 0.943. The fourth-order valence-electron chi connectivity index (χ4n) is 1.48. The van der Waals surface area contributed by atoms with Crippen LogP contribution in [0.3, 0.4) is 0 Å². The summed E-state index contributed by atoms with van der Waals surface area (Å²) in [5.41, 5.74) is 0.680. The number of rotatable bonds is 4. The maximum atomic E-state index is 12.7. The summed E-state index contributed by atoms with van der Waals surface area (Å²) in [6.45, 7) is 0.102. The lowest BCUT2D eigenvalue weighted by Crippen LogP contribution is -2.23. The molecular formula is C13H11ClFNO2S. The van der Waals surface area contributed by atoms with Gasteiger partial charge in [-0.2, -0.15) is 0 Å². The van der Waals surface area contributed by atoms with Crippen LogP contribution in [0.2, 0.25) is 5.02 Å². The molecule has 19 heavy (non-hydrogen) atoms. The second-order valence-electron chi connectivity index (χ2n) is 3.90. The molecule has 3 nitrogen and oxygen atoms in total. The van der Waals surface area contributed by atoms with Gasteiger partial charge in [0.05, 0.1) is 4.90 Å². The third-order valence-electron chi connectivity index (χ3n) is 2.50. The molecule has 0 radical (unpaired) electrons. The van der Waals surface area contributed by atoms with Crippen molar-refractivity contribution in [2.75, 3.05) is 0 Å². The number of hydrogen-bond donors (Lipinski definition) is 1. The largest absolute Gasteiger partial charge is 0.240 e. The summed E-state index contributed by atoms with van der Waals surface area (Å²) >= 11 is 5.70. The molecular weight excluding hydrogens is 289 g/mol. The lowest BCUT2D eigenvalue weighted by Gasteiger charge is -2.07. The summed E-state index contributed by atoms with van der Waals surface area (Å²) in [4.78, 5) is 0.138. The van der Waals surface area contributed by atoms with Crippen molar-refractivity contribution < 1.29 is 12.8 Å². The minimum atomic E-state index is -3.59. The van der Waals surface area contributed by atoms with Crippen molar-refractivity contribution in [2.24, 2.45) is 0 Å². The molecule has 0 spiro atoms. The van der Waals surface area contributed by atoms with Crippen LogP contribution in [-0.2, 0) is 16.6 Å². The first kappa shape index (κ1) is 14.0. The van der Waals surface area contributed by atoms with Gasteiger partial charge in [-0.3, -0.25) is 0 Å². The topological polar surface area (TPSA) is 46.2 Å². The van der Waals surface area contributed by atoms with Gasteiger partial charge < -0.3 is 0 Å². The molecule has 0 fully saturated rings. The highest BCUT2D eigenvalue weighted by Crippen LogP contribution is 2.14. The van der Waals surface area contributed by atoms with Crippen molar-refractivity contribution in [3.63, 3.8) is 0 Å². The second-order valence-corrected chi connectivity index (χ2v) is 6.11. The van der Waals surface area contributed by atoms with Gasteiger partial charge in [0, 0.05) is 11.6 Å². The van der Waals surface area contributed by atoms with Crippen molar-refractivity contribution in [2.45, 2.75) is 11.4 Å². The van der Waals surface area contributed by atoms with E-state index in [0.29, 0.717) is 10.6 Å². The average Bonchev–Trinajstić information content (AvgIpc) is 2.39. The third-order valence-corrected chi connectivity index (χ3v) is 4.17. The van der Waals surface area contributed by atoms with Crippen LogP contribution in [-0.4, -0.2) is 8.42 Å². The normalized spacial score (nSPS) is 11.5. The van der Waals surface area contributed by atoms with E-state index in [0.717, 1.165) is 0 Å². The van der Waals surface area contributed by atoms with Crippen molar-refractivity contribution >= 4 is 21.6 Å². The van der Waals surface area contributed by atoms with Crippen molar-refractivity contribution in [3.8, 4) is 0 Å². The SMILES string of the molecule is O=S(=O)(NCc1ccc(F)cc1)c1ccc(Cl)cc1. The summed E-state index contributed by atoms with van der Waals surface area (Å²) in [5.74, 6) is -0.357. The van der Waals surface area contributed by atoms with E-state index in [9.17, 15) is 12.8 Å². The fourth-order valence-corrected chi connectivity index (χ4v) is 2.62. The Labute approximate surface area is 116 Å². The molecule has 0 heterocycles. The second kappa shape index (κ2) is 5.69. The van der Waals surface area contributed by atoms with E-state index < -0.39 is 10.0 Å². The first-order valence-corrected chi connectivity index (χ1v) is 7.33. The molecule has 0 aromatic heterocycles. The number of halogens is 2. The summed E-state index contributed by atoms with van der Waals surface area (Å²) in [7, 11) is -3.59. The molecule has 0 saturated heterocycles. The Hall–Kier alpha value is -1.43. The first-order chi connectivity index (χ1) is 8.97. The van der Waals surface area contributed by atoms with Gasteiger partial charge in [0.25, 0.3) is 0 Å². The van der Waals surface area contributed by atoms with Crippen LogP contribution in [0.25, 0.3) is 0 Å². The Morgan fingerprint density at radius 2 is 1.58 bits per heavy atom. The molecule has 0 bridgehead atoms. The molecule has 0 aliphatic heterocycles. The van der Waals surface area contributed by atoms with E-state index in [-0.39, 0.29) is 17.3 Å². The smallest absolute Gasteiger partial charge is 0.207 e. The van der Waals surface area contributed by atoms with E-state index in [1.54, 1.807) is 0 Å². The third kappa shape index (κ3) is 3.76. The predicted molar refractivity (Wildman–Crippen MR) is 71.9 cm³/mol. The van der Waals surface area contributed by atoms with Crippen LogP contribution in [0.5, 0.6) is 0 Å². The molecule has 6 heteroatoms. The van der Waals surface area contributed by atoms with E-state index in [2.05, 4.69) is 4.72 Å². The van der Waals surface area contributed by atoms with Gasteiger partial charge in [0.1, 0.15) is 5.82 Å². The molecule has 0 atom stereocenters. The number of sulfonamides is 1. The van der Waals surface area contributed by atoms with Crippen LogP contribution in [0.1, 0.15) is 5.56 Å². The zero-order valence-corrected chi connectivity index (χ0v) is 11.4. The predicted octanol–water partition coefficient (Wildman–Crippen LogP) is 2.96. The van der Waals surface area contributed by atoms with Crippen molar-refractivity contribution in [1.29, 1.82) is 0 Å². The van der Waals surface area contributed by atoms with Gasteiger partial charge in [0.15, 0.2) is 0 Å². The Morgan fingerprint density at radius 3 is 2.16 bits per heavy atom. The Morgan fingerprint density at radius 1 is 1.00 bits per heavy atom.